The largest absolute Gasteiger partial charge is 0.399 e. The van der Waals surface area contributed by atoms with Gasteiger partial charge in [0, 0.05) is 18.8 Å². The molecule has 1 saturated heterocycles. The highest BCUT2D eigenvalue weighted by molar-refractivity contribution is 5.83. The van der Waals surface area contributed by atoms with E-state index >= 15 is 0 Å². The fourth-order valence-electron chi connectivity index (χ4n) is 3.09. The fraction of sp³-hybridized carbons (Fsp3) is 0.562. The number of rotatable bonds is 2. The molecule has 0 bridgehead atoms. The van der Waals surface area contributed by atoms with Gasteiger partial charge in [-0.2, -0.15) is 0 Å². The van der Waals surface area contributed by atoms with Crippen LogP contribution in [0.15, 0.2) is 24.3 Å². The molecular weight excluding hydrogens is 236 g/mol. The molecule has 1 amide bonds. The van der Waals surface area contributed by atoms with Crippen molar-refractivity contribution in [1.82, 2.24) is 4.90 Å². The first-order valence-corrected chi connectivity index (χ1v) is 7.11. The van der Waals surface area contributed by atoms with E-state index in [1.165, 1.54) is 6.42 Å². The molecule has 104 valence electrons. The molecule has 3 unspecified atom stereocenters. The maximum absolute atomic E-state index is 12.6. The third-order valence-corrected chi connectivity index (χ3v) is 3.96. The quantitative estimate of drug-likeness (QED) is 0.831. The Morgan fingerprint density at radius 2 is 1.95 bits per heavy atom. The van der Waals surface area contributed by atoms with Crippen LogP contribution in [0.4, 0.5) is 5.69 Å². The van der Waals surface area contributed by atoms with Gasteiger partial charge in [0.25, 0.3) is 0 Å². The average Bonchev–Trinajstić information content (AvgIpc) is 2.36. The summed E-state index contributed by atoms with van der Waals surface area (Å²) in [5.41, 5.74) is 7.52. The molecule has 0 aromatic heterocycles. The number of nitrogens with zero attached hydrogens (tertiary/aromatic N) is 1. The summed E-state index contributed by atoms with van der Waals surface area (Å²) in [6, 6.07) is 7.65. The first-order valence-electron chi connectivity index (χ1n) is 7.11. The highest BCUT2D eigenvalue weighted by atomic mass is 16.2. The van der Waals surface area contributed by atoms with Crippen molar-refractivity contribution in [2.75, 3.05) is 18.8 Å². The zero-order valence-electron chi connectivity index (χ0n) is 12.1. The SMILES string of the molecule is CC1CC(C)CN(C(=O)C(C)c2cccc(N)c2)C1. The van der Waals surface area contributed by atoms with Crippen LogP contribution in [-0.4, -0.2) is 23.9 Å². The number of benzene rings is 1. The molecule has 2 rings (SSSR count). The predicted octanol–water partition coefficient (Wildman–Crippen LogP) is 2.88. The van der Waals surface area contributed by atoms with Crippen molar-refractivity contribution in [3.63, 3.8) is 0 Å². The number of anilines is 1. The molecule has 19 heavy (non-hydrogen) atoms. The second kappa shape index (κ2) is 5.64. The molecule has 1 aliphatic rings. The summed E-state index contributed by atoms with van der Waals surface area (Å²) in [5.74, 6) is 1.31. The van der Waals surface area contributed by atoms with E-state index in [0.717, 1.165) is 24.3 Å². The van der Waals surface area contributed by atoms with Gasteiger partial charge in [0.15, 0.2) is 0 Å². The summed E-state index contributed by atoms with van der Waals surface area (Å²) >= 11 is 0. The number of nitrogens with two attached hydrogens (primary N) is 1. The molecule has 0 radical (unpaired) electrons. The second-order valence-electron chi connectivity index (χ2n) is 6.08. The Morgan fingerprint density at radius 3 is 2.53 bits per heavy atom. The monoisotopic (exact) mass is 260 g/mol. The van der Waals surface area contributed by atoms with Crippen LogP contribution in [0.25, 0.3) is 0 Å². The Bertz CT molecular complexity index is 448. The van der Waals surface area contributed by atoms with Gasteiger partial charge in [-0.15, -0.1) is 0 Å². The molecule has 1 aromatic rings. The van der Waals surface area contributed by atoms with Gasteiger partial charge < -0.3 is 10.6 Å². The lowest BCUT2D eigenvalue weighted by Crippen LogP contribution is -2.44. The van der Waals surface area contributed by atoms with Crippen LogP contribution >= 0.6 is 0 Å². The van der Waals surface area contributed by atoms with Crippen LogP contribution in [-0.2, 0) is 4.79 Å². The molecule has 2 N–H and O–H groups in total. The molecule has 1 heterocycles. The van der Waals surface area contributed by atoms with Crippen molar-refractivity contribution in [3.05, 3.63) is 29.8 Å². The van der Waals surface area contributed by atoms with Crippen LogP contribution in [0.3, 0.4) is 0 Å². The number of carbonyl (C=O) groups is 1. The minimum absolute atomic E-state index is 0.110. The lowest BCUT2D eigenvalue weighted by Gasteiger charge is -2.36. The lowest BCUT2D eigenvalue weighted by atomic mass is 9.90. The third kappa shape index (κ3) is 3.28. The summed E-state index contributed by atoms with van der Waals surface area (Å²) in [4.78, 5) is 14.6. The molecule has 1 aromatic carbocycles. The average molecular weight is 260 g/mol. The molecule has 0 saturated carbocycles. The van der Waals surface area contributed by atoms with Gasteiger partial charge in [-0.05, 0) is 42.9 Å². The number of amides is 1. The van der Waals surface area contributed by atoms with Crippen LogP contribution in [0, 0.1) is 11.8 Å². The van der Waals surface area contributed by atoms with Gasteiger partial charge >= 0.3 is 0 Å². The van der Waals surface area contributed by atoms with E-state index in [1.807, 2.05) is 36.1 Å². The number of nitrogen functional groups attached to an aromatic ring is 1. The first-order chi connectivity index (χ1) is 8.97. The first kappa shape index (κ1) is 13.9. The summed E-state index contributed by atoms with van der Waals surface area (Å²) in [7, 11) is 0. The Labute approximate surface area is 115 Å². The Kier molecular flexibility index (Phi) is 4.13. The molecule has 1 fully saturated rings. The zero-order valence-corrected chi connectivity index (χ0v) is 12.1. The maximum atomic E-state index is 12.6. The molecule has 3 nitrogen and oxygen atoms in total. The van der Waals surface area contributed by atoms with E-state index in [1.54, 1.807) is 0 Å². The van der Waals surface area contributed by atoms with Crippen molar-refractivity contribution in [2.45, 2.75) is 33.1 Å². The Hall–Kier alpha value is -1.51. The Morgan fingerprint density at radius 1 is 1.32 bits per heavy atom. The van der Waals surface area contributed by atoms with Gasteiger partial charge in [-0.1, -0.05) is 26.0 Å². The highest BCUT2D eigenvalue weighted by Gasteiger charge is 2.28. The Balaban J connectivity index is 2.10. The van der Waals surface area contributed by atoms with Gasteiger partial charge in [-0.3, -0.25) is 4.79 Å². The normalized spacial score (nSPS) is 25.1. The van der Waals surface area contributed by atoms with Gasteiger partial charge in [0.2, 0.25) is 5.91 Å². The molecule has 3 atom stereocenters. The van der Waals surface area contributed by atoms with Crippen molar-refractivity contribution in [2.24, 2.45) is 11.8 Å². The third-order valence-electron chi connectivity index (χ3n) is 3.96. The van der Waals surface area contributed by atoms with Crippen LogP contribution < -0.4 is 5.73 Å². The van der Waals surface area contributed by atoms with Crippen molar-refractivity contribution < 1.29 is 4.79 Å². The summed E-state index contributed by atoms with van der Waals surface area (Å²) < 4.78 is 0. The number of carbonyl (C=O) groups excluding carboxylic acids is 1. The number of hydrogen-bond donors (Lipinski definition) is 1. The van der Waals surface area contributed by atoms with E-state index in [9.17, 15) is 4.79 Å². The van der Waals surface area contributed by atoms with E-state index in [4.69, 9.17) is 5.73 Å². The summed E-state index contributed by atoms with van der Waals surface area (Å²) in [6.07, 6.45) is 1.22. The number of hydrogen-bond acceptors (Lipinski definition) is 2. The maximum Gasteiger partial charge on any atom is 0.229 e. The molecular formula is C16H24N2O. The lowest BCUT2D eigenvalue weighted by molar-refractivity contribution is -0.135. The number of likely N-dealkylation sites (tertiary alicyclic amines) is 1. The zero-order chi connectivity index (χ0) is 14.0. The molecule has 0 aliphatic carbocycles. The second-order valence-corrected chi connectivity index (χ2v) is 6.08. The fourth-order valence-corrected chi connectivity index (χ4v) is 3.09. The van der Waals surface area contributed by atoms with Crippen LogP contribution in [0.5, 0.6) is 0 Å². The standard InChI is InChI=1S/C16H24N2O/c1-11-7-12(2)10-18(9-11)16(19)13(3)14-5-4-6-15(17)8-14/h4-6,8,11-13H,7,9-10,17H2,1-3H3. The van der Waals surface area contributed by atoms with E-state index < -0.39 is 0 Å². The van der Waals surface area contributed by atoms with Gasteiger partial charge in [0.1, 0.15) is 0 Å². The summed E-state index contributed by atoms with van der Waals surface area (Å²) in [6.45, 7) is 8.19. The van der Waals surface area contributed by atoms with Crippen molar-refractivity contribution >= 4 is 11.6 Å². The molecule has 3 heteroatoms. The van der Waals surface area contributed by atoms with Crippen LogP contribution in [0.1, 0.15) is 38.7 Å². The molecule has 0 spiro atoms. The van der Waals surface area contributed by atoms with Crippen molar-refractivity contribution in [3.8, 4) is 0 Å². The van der Waals surface area contributed by atoms with Crippen LogP contribution in [0.2, 0.25) is 0 Å². The predicted molar refractivity (Wildman–Crippen MR) is 78.8 cm³/mol. The number of piperidine rings is 1. The highest BCUT2D eigenvalue weighted by Crippen LogP contribution is 2.26. The van der Waals surface area contributed by atoms with E-state index in [-0.39, 0.29) is 11.8 Å². The minimum atomic E-state index is -0.110. The van der Waals surface area contributed by atoms with E-state index in [2.05, 4.69) is 13.8 Å². The van der Waals surface area contributed by atoms with E-state index in [0.29, 0.717) is 11.8 Å². The van der Waals surface area contributed by atoms with Crippen molar-refractivity contribution in [1.29, 1.82) is 0 Å². The van der Waals surface area contributed by atoms with Gasteiger partial charge in [-0.25, -0.2) is 0 Å². The topological polar surface area (TPSA) is 46.3 Å². The smallest absolute Gasteiger partial charge is 0.229 e. The van der Waals surface area contributed by atoms with Gasteiger partial charge in [0.05, 0.1) is 5.92 Å². The minimum Gasteiger partial charge on any atom is -0.399 e. The molecule has 1 aliphatic heterocycles. The summed E-state index contributed by atoms with van der Waals surface area (Å²) in [5, 5.41) is 0.